The molecule has 25 heavy (non-hydrogen) atoms. The summed E-state index contributed by atoms with van der Waals surface area (Å²) < 4.78 is 30.6. The third-order valence-corrected chi connectivity index (χ3v) is 6.05. The summed E-state index contributed by atoms with van der Waals surface area (Å²) in [4.78, 5) is 24.0. The van der Waals surface area contributed by atoms with Crippen LogP contribution in [0.15, 0.2) is 30.3 Å². The second-order valence-corrected chi connectivity index (χ2v) is 8.00. The molecule has 1 aliphatic rings. The number of esters is 1. The number of rotatable bonds is 8. The number of amides is 1. The predicted octanol–water partition coefficient (Wildman–Crippen LogP) is 1.05. The molecule has 1 N–H and O–H groups in total. The minimum atomic E-state index is -3.46. The van der Waals surface area contributed by atoms with Gasteiger partial charge in [0.25, 0.3) is 5.91 Å². The molecule has 1 fully saturated rings. The summed E-state index contributed by atoms with van der Waals surface area (Å²) in [5.74, 6) is -1.07. The van der Waals surface area contributed by atoms with E-state index in [2.05, 4.69) is 5.32 Å². The molecule has 1 aliphatic heterocycles. The van der Waals surface area contributed by atoms with Gasteiger partial charge in [0.15, 0.2) is 6.61 Å². The Morgan fingerprint density at radius 3 is 2.68 bits per heavy atom. The number of hydrogen-bond donors (Lipinski definition) is 1. The Labute approximate surface area is 148 Å². The van der Waals surface area contributed by atoms with Crippen molar-refractivity contribution in [3.8, 4) is 0 Å². The monoisotopic (exact) mass is 368 g/mol. The van der Waals surface area contributed by atoms with E-state index >= 15 is 0 Å². The second-order valence-electron chi connectivity index (χ2n) is 5.95. The molecule has 1 unspecified atom stereocenters. The van der Waals surface area contributed by atoms with E-state index in [9.17, 15) is 18.0 Å². The van der Waals surface area contributed by atoms with Crippen LogP contribution >= 0.6 is 0 Å². The highest BCUT2D eigenvalue weighted by Crippen LogP contribution is 2.22. The number of sulfonamides is 1. The minimum Gasteiger partial charge on any atom is -0.454 e. The van der Waals surface area contributed by atoms with Crippen molar-refractivity contribution >= 4 is 21.9 Å². The van der Waals surface area contributed by atoms with E-state index in [1.165, 1.54) is 4.31 Å². The van der Waals surface area contributed by atoms with Gasteiger partial charge in [-0.3, -0.25) is 9.59 Å². The van der Waals surface area contributed by atoms with Crippen molar-refractivity contribution in [1.29, 1.82) is 0 Å². The van der Waals surface area contributed by atoms with Crippen molar-refractivity contribution < 1.29 is 22.7 Å². The Hall–Kier alpha value is -1.93. The lowest BCUT2D eigenvalue weighted by atomic mass is 10.2. The Balaban J connectivity index is 1.81. The molecule has 138 valence electrons. The van der Waals surface area contributed by atoms with Gasteiger partial charge in [-0.2, -0.15) is 4.31 Å². The summed E-state index contributed by atoms with van der Waals surface area (Å²) in [6.45, 7) is 2.03. The van der Waals surface area contributed by atoms with Gasteiger partial charge in [-0.25, -0.2) is 8.42 Å². The van der Waals surface area contributed by atoms with E-state index in [4.69, 9.17) is 4.74 Å². The highest BCUT2D eigenvalue weighted by atomic mass is 32.2. The van der Waals surface area contributed by atoms with E-state index in [1.54, 1.807) is 6.92 Å². The smallest absolute Gasteiger partial charge is 0.324 e. The standard InChI is InChI=1S/C17H24N2O5S/c1-2-11-25(22,23)19-10-6-9-15(19)17(21)24-13-16(20)18-12-14-7-4-3-5-8-14/h3-5,7-8,15H,2,6,9-13H2,1H3,(H,18,20). The third kappa shape index (κ3) is 5.54. The van der Waals surface area contributed by atoms with E-state index in [1.807, 2.05) is 30.3 Å². The van der Waals surface area contributed by atoms with Crippen LogP contribution in [0.4, 0.5) is 0 Å². The van der Waals surface area contributed by atoms with Crippen molar-refractivity contribution in [2.75, 3.05) is 18.9 Å². The zero-order chi connectivity index (χ0) is 18.3. The lowest BCUT2D eigenvalue weighted by Crippen LogP contribution is -2.43. The number of nitrogens with one attached hydrogen (secondary N) is 1. The molecule has 1 aromatic rings. The average Bonchev–Trinajstić information content (AvgIpc) is 3.09. The molecule has 8 heteroatoms. The zero-order valence-corrected chi connectivity index (χ0v) is 15.1. The normalized spacial score (nSPS) is 18.0. The number of carbonyl (C=O) groups excluding carboxylic acids is 2. The SMILES string of the molecule is CCCS(=O)(=O)N1CCCC1C(=O)OCC(=O)NCc1ccccc1. The van der Waals surface area contributed by atoms with Crippen molar-refractivity contribution in [3.05, 3.63) is 35.9 Å². The fourth-order valence-corrected chi connectivity index (χ4v) is 4.50. The summed E-state index contributed by atoms with van der Waals surface area (Å²) in [7, 11) is -3.46. The first-order chi connectivity index (χ1) is 11.9. The molecule has 1 heterocycles. The van der Waals surface area contributed by atoms with Gasteiger partial charge in [0.1, 0.15) is 6.04 Å². The molecule has 1 saturated heterocycles. The highest BCUT2D eigenvalue weighted by molar-refractivity contribution is 7.89. The van der Waals surface area contributed by atoms with Gasteiger partial charge < -0.3 is 10.1 Å². The maximum atomic E-state index is 12.2. The van der Waals surface area contributed by atoms with Gasteiger partial charge >= 0.3 is 5.97 Å². The molecule has 0 spiro atoms. The van der Waals surface area contributed by atoms with Crippen molar-refractivity contribution in [1.82, 2.24) is 9.62 Å². The van der Waals surface area contributed by atoms with Gasteiger partial charge in [-0.15, -0.1) is 0 Å². The van der Waals surface area contributed by atoms with Gasteiger partial charge in [0.2, 0.25) is 10.0 Å². The number of benzene rings is 1. The first-order valence-corrected chi connectivity index (χ1v) is 10.0. The molecule has 0 saturated carbocycles. The number of nitrogens with zero attached hydrogens (tertiary/aromatic N) is 1. The Morgan fingerprint density at radius 2 is 2.00 bits per heavy atom. The lowest BCUT2D eigenvalue weighted by molar-refractivity contribution is -0.151. The molecule has 7 nitrogen and oxygen atoms in total. The Kier molecular flexibility index (Phi) is 6.95. The van der Waals surface area contributed by atoms with Gasteiger partial charge in [0, 0.05) is 13.1 Å². The van der Waals surface area contributed by atoms with Crippen LogP contribution < -0.4 is 5.32 Å². The van der Waals surface area contributed by atoms with Crippen LogP contribution in [0.5, 0.6) is 0 Å². The third-order valence-electron chi connectivity index (χ3n) is 3.97. The van der Waals surface area contributed by atoms with E-state index in [0.717, 1.165) is 5.56 Å². The topological polar surface area (TPSA) is 92.8 Å². The largest absolute Gasteiger partial charge is 0.454 e. The predicted molar refractivity (Wildman–Crippen MR) is 93.1 cm³/mol. The molecule has 1 amide bonds. The van der Waals surface area contributed by atoms with E-state index in [-0.39, 0.29) is 5.75 Å². The van der Waals surface area contributed by atoms with Gasteiger partial charge in [0.05, 0.1) is 5.75 Å². The summed E-state index contributed by atoms with van der Waals surface area (Å²) in [5.41, 5.74) is 0.940. The van der Waals surface area contributed by atoms with E-state index in [0.29, 0.717) is 32.4 Å². The molecule has 1 atom stereocenters. The van der Waals surface area contributed by atoms with Crippen molar-refractivity contribution in [2.24, 2.45) is 0 Å². The first kappa shape index (κ1) is 19.4. The summed E-state index contributed by atoms with van der Waals surface area (Å²) in [5, 5.41) is 2.66. The molecular formula is C17H24N2O5S. The maximum Gasteiger partial charge on any atom is 0.324 e. The van der Waals surface area contributed by atoms with E-state index < -0.39 is 34.5 Å². The quantitative estimate of drug-likeness (QED) is 0.693. The molecule has 0 radical (unpaired) electrons. The molecule has 2 rings (SSSR count). The van der Waals surface area contributed by atoms with Crippen LogP contribution in [0, 0.1) is 0 Å². The zero-order valence-electron chi connectivity index (χ0n) is 14.3. The lowest BCUT2D eigenvalue weighted by Gasteiger charge is -2.22. The van der Waals surface area contributed by atoms with Crippen molar-refractivity contribution in [3.63, 3.8) is 0 Å². The van der Waals surface area contributed by atoms with Crippen LogP contribution in [0.3, 0.4) is 0 Å². The summed E-state index contributed by atoms with van der Waals surface area (Å²) in [6, 6.07) is 8.55. The van der Waals surface area contributed by atoms with Crippen molar-refractivity contribution in [2.45, 2.75) is 38.8 Å². The molecule has 1 aromatic carbocycles. The second kappa shape index (κ2) is 8.96. The minimum absolute atomic E-state index is 0.00828. The van der Waals surface area contributed by atoms with Crippen LogP contribution in [0.2, 0.25) is 0 Å². The summed E-state index contributed by atoms with van der Waals surface area (Å²) >= 11 is 0. The average molecular weight is 368 g/mol. The van der Waals surface area contributed by atoms with Crippen LogP contribution in [-0.4, -0.2) is 49.5 Å². The van der Waals surface area contributed by atoms with Crippen LogP contribution in [0.1, 0.15) is 31.7 Å². The van der Waals surface area contributed by atoms with Crippen LogP contribution in [0.25, 0.3) is 0 Å². The van der Waals surface area contributed by atoms with Gasteiger partial charge in [-0.1, -0.05) is 37.3 Å². The van der Waals surface area contributed by atoms with Gasteiger partial charge in [-0.05, 0) is 24.8 Å². The molecular weight excluding hydrogens is 344 g/mol. The maximum absolute atomic E-state index is 12.2. The number of carbonyl (C=O) groups is 2. The Morgan fingerprint density at radius 1 is 1.28 bits per heavy atom. The molecule has 0 aromatic heterocycles. The number of ether oxygens (including phenoxy) is 1. The van der Waals surface area contributed by atoms with Crippen LogP contribution in [-0.2, 0) is 30.9 Å². The first-order valence-electron chi connectivity index (χ1n) is 8.41. The Bertz CT molecular complexity index is 690. The number of hydrogen-bond acceptors (Lipinski definition) is 5. The fraction of sp³-hybridized carbons (Fsp3) is 0.529. The summed E-state index contributed by atoms with van der Waals surface area (Å²) in [6.07, 6.45) is 1.53. The fourth-order valence-electron chi connectivity index (χ4n) is 2.76. The molecule has 0 aliphatic carbocycles. The highest BCUT2D eigenvalue weighted by Gasteiger charge is 2.39. The molecule has 0 bridgehead atoms.